The number of rotatable bonds is 4. The summed E-state index contributed by atoms with van der Waals surface area (Å²) in [4.78, 5) is 5.16. The zero-order valence-corrected chi connectivity index (χ0v) is 19.6. The second kappa shape index (κ2) is 7.91. The highest BCUT2D eigenvalue weighted by molar-refractivity contribution is 5.83. The topological polar surface area (TPSA) is 51.5 Å². The van der Waals surface area contributed by atoms with Crippen LogP contribution >= 0.6 is 0 Å². The summed E-state index contributed by atoms with van der Waals surface area (Å²) in [5.41, 5.74) is 11.0. The number of nitrogens with zero attached hydrogens (tertiary/aromatic N) is 3. The maximum absolute atomic E-state index is 5.43. The van der Waals surface area contributed by atoms with Gasteiger partial charge in [-0.3, -0.25) is 0 Å². The number of benzene rings is 2. The summed E-state index contributed by atoms with van der Waals surface area (Å²) < 4.78 is 7.51. The second-order valence-corrected chi connectivity index (χ2v) is 9.47. The molecule has 4 aromatic rings. The zero-order valence-electron chi connectivity index (χ0n) is 19.6. The largest absolute Gasteiger partial charge is 0.497 e. The van der Waals surface area contributed by atoms with E-state index in [1.54, 1.807) is 7.11 Å². The molecule has 0 saturated carbocycles. The first kappa shape index (κ1) is 20.3. The molecule has 1 atom stereocenters. The molecule has 0 fully saturated rings. The van der Waals surface area contributed by atoms with Crippen molar-refractivity contribution in [3.05, 3.63) is 76.1 Å². The lowest BCUT2D eigenvalue weighted by Gasteiger charge is -2.27. The van der Waals surface area contributed by atoms with E-state index in [0.29, 0.717) is 6.04 Å². The van der Waals surface area contributed by atoms with Crippen molar-refractivity contribution in [1.82, 2.24) is 14.6 Å². The Morgan fingerprint density at radius 2 is 1.88 bits per heavy atom. The molecular weight excluding hydrogens is 408 g/mol. The number of nitrogens with one attached hydrogen (secondary N) is 1. The van der Waals surface area contributed by atoms with Crippen LogP contribution in [0.1, 0.15) is 46.5 Å². The van der Waals surface area contributed by atoms with E-state index in [4.69, 9.17) is 14.8 Å². The quantitative estimate of drug-likeness (QED) is 0.458. The van der Waals surface area contributed by atoms with Gasteiger partial charge >= 0.3 is 0 Å². The molecule has 5 heteroatoms. The van der Waals surface area contributed by atoms with E-state index in [2.05, 4.69) is 60.1 Å². The minimum absolute atomic E-state index is 0.408. The van der Waals surface area contributed by atoms with Crippen molar-refractivity contribution < 1.29 is 4.74 Å². The van der Waals surface area contributed by atoms with Gasteiger partial charge in [-0.05, 0) is 86.8 Å². The predicted molar refractivity (Wildman–Crippen MR) is 132 cm³/mol. The van der Waals surface area contributed by atoms with E-state index in [1.807, 2.05) is 6.07 Å². The van der Waals surface area contributed by atoms with Crippen LogP contribution in [-0.4, -0.2) is 27.7 Å². The molecular formula is C28H30N4O. The van der Waals surface area contributed by atoms with Crippen LogP contribution in [0.25, 0.3) is 16.8 Å². The zero-order chi connectivity index (χ0) is 22.5. The Morgan fingerprint density at radius 1 is 1.03 bits per heavy atom. The molecule has 5 nitrogen and oxygen atoms in total. The fraction of sp³-hybridized carbons (Fsp3) is 0.357. The third-order valence-electron chi connectivity index (χ3n) is 7.35. The highest BCUT2D eigenvalue weighted by Crippen LogP contribution is 2.37. The van der Waals surface area contributed by atoms with Gasteiger partial charge in [0.25, 0.3) is 0 Å². The first-order valence-electron chi connectivity index (χ1n) is 12.0. The maximum Gasteiger partial charge on any atom is 0.165 e. The van der Waals surface area contributed by atoms with Gasteiger partial charge in [-0.1, -0.05) is 30.3 Å². The molecule has 168 valence electrons. The van der Waals surface area contributed by atoms with Gasteiger partial charge in [0.05, 0.1) is 12.8 Å². The summed E-state index contributed by atoms with van der Waals surface area (Å²) >= 11 is 0. The number of aryl methyl sites for hydroxylation is 4. The molecule has 33 heavy (non-hydrogen) atoms. The fourth-order valence-corrected chi connectivity index (χ4v) is 5.66. The lowest BCUT2D eigenvalue weighted by atomic mass is 9.88. The summed E-state index contributed by atoms with van der Waals surface area (Å²) in [7, 11) is 1.71. The van der Waals surface area contributed by atoms with E-state index in [-0.39, 0.29) is 0 Å². The molecule has 0 spiro atoms. The summed E-state index contributed by atoms with van der Waals surface area (Å²) in [6.45, 7) is 4.23. The summed E-state index contributed by atoms with van der Waals surface area (Å²) in [6.07, 6.45) is 6.59. The number of anilines is 1. The van der Waals surface area contributed by atoms with Crippen LogP contribution in [0.2, 0.25) is 0 Å². The highest BCUT2D eigenvalue weighted by Gasteiger charge is 2.27. The summed E-state index contributed by atoms with van der Waals surface area (Å²) in [5, 5.41) is 8.95. The van der Waals surface area contributed by atoms with Gasteiger partial charge in [-0.2, -0.15) is 9.61 Å². The molecule has 2 heterocycles. The number of fused-ring (bicyclic) bond motifs is 3. The lowest BCUT2D eigenvalue weighted by molar-refractivity contribution is 0.414. The van der Waals surface area contributed by atoms with Crippen LogP contribution in [0.15, 0.2) is 42.5 Å². The standard InChI is InChI=1S/C28H30N4O/c1-17-15-22(33-3)13-14-23(17)26-18(2)31-32-27(24-9-6-10-25(24)30-28(26)32)29-21-12-11-19-7-4-5-8-20(19)16-21/h4-5,7-8,13-15,21,29H,6,9-12,16H2,1-3H3. The molecule has 6 rings (SSSR count). The second-order valence-electron chi connectivity index (χ2n) is 9.47. The van der Waals surface area contributed by atoms with Crippen molar-refractivity contribution in [2.75, 3.05) is 12.4 Å². The molecule has 1 unspecified atom stereocenters. The number of methoxy groups -OCH3 is 1. The maximum atomic E-state index is 5.43. The molecule has 2 aliphatic carbocycles. The highest BCUT2D eigenvalue weighted by atomic mass is 16.5. The number of aromatic nitrogens is 3. The van der Waals surface area contributed by atoms with E-state index in [0.717, 1.165) is 67.0 Å². The average Bonchev–Trinajstić information content (AvgIpc) is 3.43. The molecule has 2 aliphatic rings. The molecule has 0 radical (unpaired) electrons. The van der Waals surface area contributed by atoms with Gasteiger partial charge in [-0.15, -0.1) is 0 Å². The van der Waals surface area contributed by atoms with Crippen molar-refractivity contribution in [3.8, 4) is 16.9 Å². The van der Waals surface area contributed by atoms with Crippen LogP contribution in [0.5, 0.6) is 5.75 Å². The number of ether oxygens (including phenoxy) is 1. The molecule has 0 saturated heterocycles. The molecule has 0 aliphatic heterocycles. The SMILES string of the molecule is COc1ccc(-c2c(C)nn3c(NC4CCc5ccccc5C4)c4c(nc23)CCC4)c(C)c1. The van der Waals surface area contributed by atoms with Gasteiger partial charge < -0.3 is 10.1 Å². The van der Waals surface area contributed by atoms with Crippen molar-refractivity contribution >= 4 is 11.5 Å². The summed E-state index contributed by atoms with van der Waals surface area (Å²) in [6, 6.07) is 15.5. The molecule has 1 N–H and O–H groups in total. The third-order valence-corrected chi connectivity index (χ3v) is 7.35. The van der Waals surface area contributed by atoms with Crippen LogP contribution in [0, 0.1) is 13.8 Å². The molecule has 0 bridgehead atoms. The minimum atomic E-state index is 0.408. The Bertz CT molecular complexity index is 1370. The van der Waals surface area contributed by atoms with E-state index >= 15 is 0 Å². The van der Waals surface area contributed by atoms with E-state index in [1.165, 1.54) is 33.5 Å². The Balaban J connectivity index is 1.46. The third kappa shape index (κ3) is 3.38. The minimum Gasteiger partial charge on any atom is -0.497 e. The van der Waals surface area contributed by atoms with E-state index in [9.17, 15) is 0 Å². The Morgan fingerprint density at radius 3 is 2.70 bits per heavy atom. The summed E-state index contributed by atoms with van der Waals surface area (Å²) in [5.74, 6) is 2.02. The van der Waals surface area contributed by atoms with Crippen molar-refractivity contribution in [2.24, 2.45) is 0 Å². The lowest BCUT2D eigenvalue weighted by Crippen LogP contribution is -2.29. The predicted octanol–water partition coefficient (Wildman–Crippen LogP) is 5.48. The van der Waals surface area contributed by atoms with Gasteiger partial charge in [0, 0.05) is 22.9 Å². The molecule has 2 aromatic heterocycles. The Hall–Kier alpha value is -3.34. The fourth-order valence-electron chi connectivity index (χ4n) is 5.66. The van der Waals surface area contributed by atoms with Crippen LogP contribution in [0.4, 0.5) is 5.82 Å². The van der Waals surface area contributed by atoms with Crippen molar-refractivity contribution in [3.63, 3.8) is 0 Å². The first-order valence-corrected chi connectivity index (χ1v) is 12.0. The Kier molecular flexibility index (Phi) is 4.86. The number of hydrogen-bond donors (Lipinski definition) is 1. The monoisotopic (exact) mass is 438 g/mol. The van der Waals surface area contributed by atoms with E-state index < -0.39 is 0 Å². The van der Waals surface area contributed by atoms with Gasteiger partial charge in [-0.25, -0.2) is 4.98 Å². The van der Waals surface area contributed by atoms with Crippen molar-refractivity contribution in [1.29, 1.82) is 0 Å². The smallest absolute Gasteiger partial charge is 0.165 e. The van der Waals surface area contributed by atoms with Crippen LogP contribution < -0.4 is 10.1 Å². The van der Waals surface area contributed by atoms with Crippen LogP contribution in [0.3, 0.4) is 0 Å². The van der Waals surface area contributed by atoms with Gasteiger partial charge in [0.1, 0.15) is 11.6 Å². The normalized spacial score (nSPS) is 17.1. The number of hydrogen-bond acceptors (Lipinski definition) is 4. The Labute approximate surface area is 194 Å². The van der Waals surface area contributed by atoms with Crippen LogP contribution in [-0.2, 0) is 25.7 Å². The van der Waals surface area contributed by atoms with Gasteiger partial charge in [0.2, 0.25) is 0 Å². The molecule has 2 aromatic carbocycles. The van der Waals surface area contributed by atoms with Gasteiger partial charge in [0.15, 0.2) is 5.65 Å². The first-order chi connectivity index (χ1) is 16.1. The van der Waals surface area contributed by atoms with Crippen molar-refractivity contribution in [2.45, 2.75) is 58.4 Å². The average molecular weight is 439 g/mol. The molecule has 0 amide bonds.